The van der Waals surface area contributed by atoms with Crippen LogP contribution in [0.25, 0.3) is 0 Å². The van der Waals surface area contributed by atoms with Crippen LogP contribution < -0.4 is 11.5 Å². The quantitative estimate of drug-likeness (QED) is 0.745. The fourth-order valence-corrected chi connectivity index (χ4v) is 3.24. The third-order valence-electron chi connectivity index (χ3n) is 4.49. The molecule has 2 rings (SSSR count). The smallest absolute Gasteiger partial charge is 0.239 e. The van der Waals surface area contributed by atoms with Crippen LogP contribution in [0.15, 0.2) is 0 Å². The fourth-order valence-electron chi connectivity index (χ4n) is 3.24. The van der Waals surface area contributed by atoms with Crippen LogP contribution in [-0.2, 0) is 4.79 Å². The van der Waals surface area contributed by atoms with Gasteiger partial charge in [0, 0.05) is 19.1 Å². The molecule has 0 radical (unpaired) electrons. The van der Waals surface area contributed by atoms with E-state index in [9.17, 15) is 4.79 Å². The van der Waals surface area contributed by atoms with E-state index in [0.717, 1.165) is 32.4 Å². The Balaban J connectivity index is 1.96. The van der Waals surface area contributed by atoms with E-state index in [1.807, 2.05) is 18.7 Å². The van der Waals surface area contributed by atoms with Crippen LogP contribution >= 0.6 is 0 Å². The van der Waals surface area contributed by atoms with Crippen molar-refractivity contribution in [2.45, 2.75) is 51.6 Å². The average molecular weight is 239 g/mol. The zero-order chi connectivity index (χ0) is 12.6. The Bertz CT molecular complexity index is 305. The van der Waals surface area contributed by atoms with Crippen molar-refractivity contribution < 1.29 is 4.79 Å². The first kappa shape index (κ1) is 12.8. The summed E-state index contributed by atoms with van der Waals surface area (Å²) in [4.78, 5) is 14.1. The summed E-state index contributed by atoms with van der Waals surface area (Å²) >= 11 is 0. The van der Waals surface area contributed by atoms with Crippen molar-refractivity contribution in [3.63, 3.8) is 0 Å². The van der Waals surface area contributed by atoms with Crippen molar-refractivity contribution >= 4 is 5.91 Å². The van der Waals surface area contributed by atoms with E-state index >= 15 is 0 Å². The highest BCUT2D eigenvalue weighted by molar-refractivity contribution is 5.82. The van der Waals surface area contributed by atoms with Gasteiger partial charge in [-0.15, -0.1) is 0 Å². The third kappa shape index (κ3) is 2.47. The summed E-state index contributed by atoms with van der Waals surface area (Å²) in [5.41, 5.74) is 12.2. The van der Waals surface area contributed by atoms with Gasteiger partial charge in [0.1, 0.15) is 0 Å². The molecule has 1 spiro atoms. The maximum atomic E-state index is 12.2. The van der Waals surface area contributed by atoms with Crippen LogP contribution in [0, 0.1) is 11.3 Å². The Morgan fingerprint density at radius 1 is 1.41 bits per heavy atom. The second-order valence-electron chi connectivity index (χ2n) is 6.28. The van der Waals surface area contributed by atoms with Gasteiger partial charge in [-0.05, 0) is 37.0 Å². The van der Waals surface area contributed by atoms with E-state index in [2.05, 4.69) is 0 Å². The summed E-state index contributed by atoms with van der Waals surface area (Å²) in [7, 11) is 0. The molecule has 1 saturated heterocycles. The highest BCUT2D eigenvalue weighted by atomic mass is 16.2. The van der Waals surface area contributed by atoms with Gasteiger partial charge in [-0.1, -0.05) is 13.8 Å². The molecule has 1 amide bonds. The molecule has 4 N–H and O–H groups in total. The highest BCUT2D eigenvalue weighted by Gasteiger charge is 2.44. The highest BCUT2D eigenvalue weighted by Crippen LogP contribution is 2.44. The first-order chi connectivity index (χ1) is 7.93. The maximum Gasteiger partial charge on any atom is 0.239 e. The van der Waals surface area contributed by atoms with Gasteiger partial charge >= 0.3 is 0 Å². The summed E-state index contributed by atoms with van der Waals surface area (Å²) in [5, 5.41) is 0. The molecule has 1 heterocycles. The molecule has 3 atom stereocenters. The Hall–Kier alpha value is -0.610. The van der Waals surface area contributed by atoms with E-state index < -0.39 is 0 Å². The standard InChI is InChI=1S/C13H25N3O/c1-9(2)11(15)12(17)16-6-5-13(8-16)4-3-10(14)7-13/h9-11H,3-8,14-15H2,1-2H3/t10-,11-,13+/m0/s1. The fraction of sp³-hybridized carbons (Fsp3) is 0.923. The van der Waals surface area contributed by atoms with E-state index in [1.165, 1.54) is 6.42 Å². The number of nitrogens with zero attached hydrogens (tertiary/aromatic N) is 1. The minimum absolute atomic E-state index is 0.123. The molecule has 4 nitrogen and oxygen atoms in total. The number of carbonyl (C=O) groups is 1. The van der Waals surface area contributed by atoms with E-state index in [1.54, 1.807) is 0 Å². The van der Waals surface area contributed by atoms with Crippen LogP contribution in [0.2, 0.25) is 0 Å². The van der Waals surface area contributed by atoms with Gasteiger partial charge in [0.2, 0.25) is 5.91 Å². The van der Waals surface area contributed by atoms with Gasteiger partial charge in [0.05, 0.1) is 6.04 Å². The number of rotatable bonds is 2. The molecule has 17 heavy (non-hydrogen) atoms. The number of hydrogen-bond acceptors (Lipinski definition) is 3. The molecular weight excluding hydrogens is 214 g/mol. The Labute approximate surface area is 104 Å². The van der Waals surface area contributed by atoms with Crippen molar-refractivity contribution in [1.29, 1.82) is 0 Å². The van der Waals surface area contributed by atoms with E-state index in [0.29, 0.717) is 11.5 Å². The Morgan fingerprint density at radius 2 is 2.12 bits per heavy atom. The van der Waals surface area contributed by atoms with Gasteiger partial charge in [-0.3, -0.25) is 4.79 Å². The van der Waals surface area contributed by atoms with E-state index in [4.69, 9.17) is 11.5 Å². The summed E-state index contributed by atoms with van der Waals surface area (Å²) in [5.74, 6) is 0.335. The molecule has 0 aromatic rings. The second kappa shape index (κ2) is 4.58. The molecule has 0 aromatic heterocycles. The Morgan fingerprint density at radius 3 is 2.65 bits per heavy atom. The summed E-state index contributed by atoms with van der Waals surface area (Å²) in [6, 6.07) is -0.0101. The third-order valence-corrected chi connectivity index (χ3v) is 4.49. The SMILES string of the molecule is CC(C)[C@H](N)C(=O)N1CC[C@@]2(CC[C@H](N)C2)C1. The molecule has 0 unspecified atom stereocenters. The monoisotopic (exact) mass is 239 g/mol. The predicted octanol–water partition coefficient (Wildman–Crippen LogP) is 0.700. The second-order valence-corrected chi connectivity index (χ2v) is 6.28. The molecule has 0 aromatic carbocycles. The van der Waals surface area contributed by atoms with Crippen LogP contribution in [0.5, 0.6) is 0 Å². The number of likely N-dealkylation sites (tertiary alicyclic amines) is 1. The average Bonchev–Trinajstić information content (AvgIpc) is 2.84. The molecule has 1 aliphatic carbocycles. The zero-order valence-corrected chi connectivity index (χ0v) is 11.0. The molecule has 1 saturated carbocycles. The number of nitrogens with two attached hydrogens (primary N) is 2. The minimum atomic E-state index is -0.347. The van der Waals surface area contributed by atoms with Crippen LogP contribution in [-0.4, -0.2) is 36.0 Å². The lowest BCUT2D eigenvalue weighted by Gasteiger charge is -2.26. The number of hydrogen-bond donors (Lipinski definition) is 2. The topological polar surface area (TPSA) is 72.4 Å². The molecular formula is C13H25N3O. The van der Waals surface area contributed by atoms with Crippen molar-refractivity contribution in [3.05, 3.63) is 0 Å². The normalized spacial score (nSPS) is 34.9. The zero-order valence-electron chi connectivity index (χ0n) is 11.0. The lowest BCUT2D eigenvalue weighted by Crippen LogP contribution is -2.46. The Kier molecular flexibility index (Phi) is 3.46. The molecule has 2 aliphatic rings. The number of carbonyl (C=O) groups excluding carboxylic acids is 1. The van der Waals surface area contributed by atoms with Crippen molar-refractivity contribution in [1.82, 2.24) is 4.90 Å². The van der Waals surface area contributed by atoms with Crippen molar-refractivity contribution in [3.8, 4) is 0 Å². The van der Waals surface area contributed by atoms with Gasteiger partial charge in [-0.25, -0.2) is 0 Å². The summed E-state index contributed by atoms with van der Waals surface area (Å²) in [6.45, 7) is 5.74. The summed E-state index contributed by atoms with van der Waals surface area (Å²) < 4.78 is 0. The van der Waals surface area contributed by atoms with E-state index in [-0.39, 0.29) is 17.9 Å². The lowest BCUT2D eigenvalue weighted by molar-refractivity contribution is -0.132. The molecule has 98 valence electrons. The largest absolute Gasteiger partial charge is 0.341 e. The molecule has 2 fully saturated rings. The summed E-state index contributed by atoms with van der Waals surface area (Å²) in [6.07, 6.45) is 4.47. The van der Waals surface area contributed by atoms with Gasteiger partial charge < -0.3 is 16.4 Å². The maximum absolute atomic E-state index is 12.2. The molecule has 4 heteroatoms. The predicted molar refractivity (Wildman–Crippen MR) is 68.3 cm³/mol. The van der Waals surface area contributed by atoms with Crippen LogP contribution in [0.3, 0.4) is 0 Å². The van der Waals surface area contributed by atoms with Crippen LogP contribution in [0.4, 0.5) is 0 Å². The van der Waals surface area contributed by atoms with Gasteiger partial charge in [0.15, 0.2) is 0 Å². The molecule has 0 bridgehead atoms. The first-order valence-electron chi connectivity index (χ1n) is 6.73. The van der Waals surface area contributed by atoms with Gasteiger partial charge in [-0.2, -0.15) is 0 Å². The lowest BCUT2D eigenvalue weighted by atomic mass is 9.85. The minimum Gasteiger partial charge on any atom is -0.341 e. The van der Waals surface area contributed by atoms with Crippen LogP contribution in [0.1, 0.15) is 39.5 Å². The van der Waals surface area contributed by atoms with Gasteiger partial charge in [0.25, 0.3) is 0 Å². The van der Waals surface area contributed by atoms with Crippen molar-refractivity contribution in [2.75, 3.05) is 13.1 Å². The number of amides is 1. The molecule has 1 aliphatic heterocycles. The van der Waals surface area contributed by atoms with Crippen molar-refractivity contribution in [2.24, 2.45) is 22.8 Å². The first-order valence-corrected chi connectivity index (χ1v) is 6.73.